The number of ether oxygens (including phenoxy) is 2. The van der Waals surface area contributed by atoms with Gasteiger partial charge >= 0.3 is 0 Å². The second-order valence-corrected chi connectivity index (χ2v) is 5.37. The highest BCUT2D eigenvalue weighted by molar-refractivity contribution is 5.95. The van der Waals surface area contributed by atoms with Crippen LogP contribution < -0.4 is 9.47 Å². The van der Waals surface area contributed by atoms with Crippen LogP contribution in [0.5, 0.6) is 11.5 Å². The van der Waals surface area contributed by atoms with Gasteiger partial charge in [0.05, 0.1) is 26.5 Å². The van der Waals surface area contributed by atoms with Gasteiger partial charge in [-0.3, -0.25) is 4.79 Å². The van der Waals surface area contributed by atoms with Crippen LogP contribution in [-0.2, 0) is 19.5 Å². The lowest BCUT2D eigenvalue weighted by Gasteiger charge is -2.16. The molecule has 120 valence electrons. The van der Waals surface area contributed by atoms with Crippen LogP contribution >= 0.6 is 0 Å². The van der Waals surface area contributed by atoms with Crippen molar-refractivity contribution in [3.8, 4) is 11.5 Å². The average molecular weight is 313 g/mol. The molecule has 1 aromatic carbocycles. The van der Waals surface area contributed by atoms with Crippen molar-refractivity contribution < 1.29 is 14.3 Å². The number of rotatable bonds is 4. The molecule has 1 aromatic heterocycles. The third-order valence-corrected chi connectivity index (χ3v) is 3.91. The molecule has 2 aromatic rings. The van der Waals surface area contributed by atoms with E-state index >= 15 is 0 Å². The van der Waals surface area contributed by atoms with Gasteiger partial charge in [-0.05, 0) is 12.1 Å². The number of carbonyl (C=O) groups excluding carboxylic acids is 1. The maximum Gasteiger partial charge on any atom is 0.254 e. The summed E-state index contributed by atoms with van der Waals surface area (Å²) < 4.78 is 10.5. The first-order valence-corrected chi connectivity index (χ1v) is 7.50. The number of carbonyl (C=O) groups is 1. The van der Waals surface area contributed by atoms with E-state index in [1.54, 1.807) is 37.3 Å². The lowest BCUT2D eigenvalue weighted by molar-refractivity contribution is 0.0749. The molecule has 0 bridgehead atoms. The summed E-state index contributed by atoms with van der Waals surface area (Å²) >= 11 is 0. The second kappa shape index (κ2) is 6.24. The molecule has 1 aliphatic heterocycles. The molecule has 1 aliphatic rings. The maximum atomic E-state index is 12.8. The predicted octanol–water partition coefficient (Wildman–Crippen LogP) is 2.21. The van der Waals surface area contributed by atoms with Crippen LogP contribution in [0.3, 0.4) is 0 Å². The van der Waals surface area contributed by atoms with E-state index in [0.29, 0.717) is 30.2 Å². The van der Waals surface area contributed by atoms with Crippen molar-refractivity contribution in [2.45, 2.75) is 26.4 Å². The molecule has 6 heteroatoms. The van der Waals surface area contributed by atoms with Crippen molar-refractivity contribution in [1.29, 1.82) is 0 Å². The number of nitrogens with zero attached hydrogens (tertiary/aromatic N) is 3. The minimum absolute atomic E-state index is 0.0711. The van der Waals surface area contributed by atoms with Crippen LogP contribution in [0.25, 0.3) is 0 Å². The fourth-order valence-corrected chi connectivity index (χ4v) is 2.62. The van der Waals surface area contributed by atoms with E-state index in [-0.39, 0.29) is 5.91 Å². The number of methoxy groups -OCH3 is 2. The Bertz CT molecular complexity index is 724. The molecule has 0 unspecified atom stereocenters. The summed E-state index contributed by atoms with van der Waals surface area (Å²) in [4.78, 5) is 23.3. The first-order chi connectivity index (χ1) is 11.1. The molecule has 1 amide bonds. The summed E-state index contributed by atoms with van der Waals surface area (Å²) in [5, 5.41) is 0. The fourth-order valence-electron chi connectivity index (χ4n) is 2.62. The van der Waals surface area contributed by atoms with Gasteiger partial charge in [-0.15, -0.1) is 0 Å². The van der Waals surface area contributed by atoms with Crippen molar-refractivity contribution in [1.82, 2.24) is 14.9 Å². The zero-order valence-electron chi connectivity index (χ0n) is 13.5. The number of amides is 1. The first kappa shape index (κ1) is 15.3. The van der Waals surface area contributed by atoms with Gasteiger partial charge in [0.15, 0.2) is 0 Å². The Morgan fingerprint density at radius 2 is 1.87 bits per heavy atom. The Labute approximate surface area is 135 Å². The topological polar surface area (TPSA) is 64.6 Å². The molecular formula is C17H19N3O3. The van der Waals surface area contributed by atoms with Crippen molar-refractivity contribution in [3.63, 3.8) is 0 Å². The zero-order chi connectivity index (χ0) is 16.4. The van der Waals surface area contributed by atoms with Crippen molar-refractivity contribution >= 4 is 5.91 Å². The normalized spacial score (nSPS) is 12.9. The van der Waals surface area contributed by atoms with Crippen LogP contribution in [-0.4, -0.2) is 35.0 Å². The van der Waals surface area contributed by atoms with Crippen molar-refractivity contribution in [2.75, 3.05) is 14.2 Å². The number of aromatic nitrogens is 2. The smallest absolute Gasteiger partial charge is 0.254 e. The number of hydrogen-bond acceptors (Lipinski definition) is 5. The summed E-state index contributed by atoms with van der Waals surface area (Å²) in [6.07, 6.45) is 2.61. The van der Waals surface area contributed by atoms with Crippen LogP contribution in [0.4, 0.5) is 0 Å². The minimum Gasteiger partial charge on any atom is -0.497 e. The third kappa shape index (κ3) is 2.97. The van der Waals surface area contributed by atoms with E-state index < -0.39 is 0 Å². The Balaban J connectivity index is 1.85. The van der Waals surface area contributed by atoms with Crippen molar-refractivity contribution in [3.05, 3.63) is 47.0 Å². The zero-order valence-corrected chi connectivity index (χ0v) is 13.5. The van der Waals surface area contributed by atoms with Gasteiger partial charge in [0.25, 0.3) is 5.91 Å². The van der Waals surface area contributed by atoms with Crippen LogP contribution in [0.1, 0.15) is 34.4 Å². The second-order valence-electron chi connectivity index (χ2n) is 5.37. The van der Waals surface area contributed by atoms with Crippen LogP contribution in [0.15, 0.2) is 24.4 Å². The number of fused-ring (bicyclic) bond motifs is 1. The lowest BCUT2D eigenvalue weighted by atomic mass is 10.1. The highest BCUT2D eigenvalue weighted by Crippen LogP contribution is 2.27. The molecule has 0 saturated heterocycles. The summed E-state index contributed by atoms with van der Waals surface area (Å²) in [6.45, 7) is 3.04. The van der Waals surface area contributed by atoms with E-state index in [4.69, 9.17) is 9.47 Å². The van der Waals surface area contributed by atoms with E-state index in [2.05, 4.69) is 9.97 Å². The van der Waals surface area contributed by atoms with Gasteiger partial charge in [-0.1, -0.05) is 6.92 Å². The molecule has 23 heavy (non-hydrogen) atoms. The average Bonchev–Trinajstić information content (AvgIpc) is 3.03. The van der Waals surface area contributed by atoms with Crippen LogP contribution in [0.2, 0.25) is 0 Å². The third-order valence-electron chi connectivity index (χ3n) is 3.91. The fraction of sp³-hybridized carbons (Fsp3) is 0.353. The van der Waals surface area contributed by atoms with E-state index in [9.17, 15) is 4.79 Å². The molecule has 0 spiro atoms. The van der Waals surface area contributed by atoms with Gasteiger partial charge in [0, 0.05) is 36.4 Å². The Hall–Kier alpha value is -2.63. The highest BCUT2D eigenvalue weighted by Gasteiger charge is 2.26. The summed E-state index contributed by atoms with van der Waals surface area (Å²) in [5.74, 6) is 1.93. The lowest BCUT2D eigenvalue weighted by Crippen LogP contribution is -2.25. The SMILES string of the molecule is CCc1ncc2c(n1)CN(C(=O)c1cc(OC)cc(OC)c1)C2. The molecule has 0 fully saturated rings. The molecular weight excluding hydrogens is 294 g/mol. The predicted molar refractivity (Wildman–Crippen MR) is 84.5 cm³/mol. The van der Waals surface area contributed by atoms with Gasteiger partial charge in [0.2, 0.25) is 0 Å². The molecule has 0 N–H and O–H groups in total. The van der Waals surface area contributed by atoms with Gasteiger partial charge < -0.3 is 14.4 Å². The molecule has 3 rings (SSSR count). The molecule has 0 radical (unpaired) electrons. The Kier molecular flexibility index (Phi) is 4.14. The maximum absolute atomic E-state index is 12.8. The first-order valence-electron chi connectivity index (χ1n) is 7.50. The largest absolute Gasteiger partial charge is 0.497 e. The highest BCUT2D eigenvalue weighted by atomic mass is 16.5. The Morgan fingerprint density at radius 1 is 1.17 bits per heavy atom. The number of benzene rings is 1. The standard InChI is InChI=1S/C17H19N3O3/c1-4-16-18-8-12-9-20(10-15(12)19-16)17(21)11-5-13(22-2)7-14(6-11)23-3/h5-8H,4,9-10H2,1-3H3. The molecule has 0 saturated carbocycles. The van der Waals surface area contributed by atoms with E-state index in [0.717, 1.165) is 23.5 Å². The summed E-state index contributed by atoms with van der Waals surface area (Å²) in [7, 11) is 3.13. The van der Waals surface area contributed by atoms with E-state index in [1.807, 2.05) is 13.1 Å². The van der Waals surface area contributed by atoms with Gasteiger partial charge in [0.1, 0.15) is 17.3 Å². The summed E-state index contributed by atoms with van der Waals surface area (Å²) in [6, 6.07) is 5.18. The van der Waals surface area contributed by atoms with Gasteiger partial charge in [-0.2, -0.15) is 0 Å². The molecule has 6 nitrogen and oxygen atoms in total. The number of aryl methyl sites for hydroxylation is 1. The van der Waals surface area contributed by atoms with Crippen LogP contribution in [0, 0.1) is 0 Å². The molecule has 0 aliphatic carbocycles. The summed E-state index contributed by atoms with van der Waals surface area (Å²) in [5.41, 5.74) is 2.48. The van der Waals surface area contributed by atoms with Gasteiger partial charge in [-0.25, -0.2) is 9.97 Å². The van der Waals surface area contributed by atoms with E-state index in [1.165, 1.54) is 0 Å². The minimum atomic E-state index is -0.0711. The quantitative estimate of drug-likeness (QED) is 0.866. The monoisotopic (exact) mass is 313 g/mol. The molecule has 2 heterocycles. The molecule has 0 atom stereocenters. The number of hydrogen-bond donors (Lipinski definition) is 0. The Morgan fingerprint density at radius 3 is 2.48 bits per heavy atom. The van der Waals surface area contributed by atoms with Crippen molar-refractivity contribution in [2.24, 2.45) is 0 Å².